The van der Waals surface area contributed by atoms with Gasteiger partial charge >= 0.3 is 0 Å². The van der Waals surface area contributed by atoms with E-state index in [1.807, 2.05) is 6.07 Å². The maximum absolute atomic E-state index is 13.3. The molecule has 3 N–H and O–H groups in total. The van der Waals surface area contributed by atoms with Crippen molar-refractivity contribution in [3.63, 3.8) is 0 Å². The third kappa shape index (κ3) is 3.31. The standard InChI is InChI=1S/C12H14BrFN2/c1-2-3-4-8-11(16-15)9-6-5-7-10(14)12(9)13/h5-7,11,16H,4,8,15H2,1H3. The van der Waals surface area contributed by atoms with E-state index in [1.165, 1.54) is 6.07 Å². The van der Waals surface area contributed by atoms with Gasteiger partial charge in [-0.1, -0.05) is 12.1 Å². The summed E-state index contributed by atoms with van der Waals surface area (Å²) >= 11 is 3.22. The highest BCUT2D eigenvalue weighted by molar-refractivity contribution is 9.10. The molecule has 0 aliphatic rings. The summed E-state index contributed by atoms with van der Waals surface area (Å²) in [6.45, 7) is 1.79. The third-order valence-electron chi connectivity index (χ3n) is 2.29. The number of halogens is 2. The van der Waals surface area contributed by atoms with Gasteiger partial charge in [-0.15, -0.1) is 11.8 Å². The zero-order chi connectivity index (χ0) is 12.0. The Bertz CT molecular complexity index is 409. The molecule has 0 aliphatic heterocycles. The molecule has 0 aromatic heterocycles. The van der Waals surface area contributed by atoms with Crippen LogP contribution in [0.2, 0.25) is 0 Å². The van der Waals surface area contributed by atoms with Crippen molar-refractivity contribution in [3.05, 3.63) is 34.1 Å². The molecule has 4 heteroatoms. The van der Waals surface area contributed by atoms with Crippen LogP contribution in [0, 0.1) is 17.7 Å². The van der Waals surface area contributed by atoms with E-state index < -0.39 is 0 Å². The van der Waals surface area contributed by atoms with Crippen molar-refractivity contribution in [3.8, 4) is 11.8 Å². The van der Waals surface area contributed by atoms with Gasteiger partial charge in [0.25, 0.3) is 0 Å². The monoisotopic (exact) mass is 284 g/mol. The number of nitrogens with two attached hydrogens (primary N) is 1. The molecule has 1 aromatic rings. The van der Waals surface area contributed by atoms with Crippen LogP contribution in [-0.2, 0) is 0 Å². The summed E-state index contributed by atoms with van der Waals surface area (Å²) in [7, 11) is 0. The first-order valence-corrected chi connectivity index (χ1v) is 5.79. The molecule has 1 rings (SSSR count). The Morgan fingerprint density at radius 3 is 2.94 bits per heavy atom. The Morgan fingerprint density at radius 2 is 2.31 bits per heavy atom. The second-order valence-corrected chi connectivity index (χ2v) is 4.12. The molecule has 0 spiro atoms. The van der Waals surface area contributed by atoms with E-state index in [0.29, 0.717) is 4.47 Å². The zero-order valence-electron chi connectivity index (χ0n) is 9.06. The van der Waals surface area contributed by atoms with E-state index in [1.54, 1.807) is 13.0 Å². The number of benzene rings is 1. The molecule has 1 unspecified atom stereocenters. The molecule has 0 radical (unpaired) electrons. The van der Waals surface area contributed by atoms with Gasteiger partial charge in [0.1, 0.15) is 5.82 Å². The van der Waals surface area contributed by atoms with E-state index in [0.717, 1.165) is 18.4 Å². The summed E-state index contributed by atoms with van der Waals surface area (Å²) in [5.41, 5.74) is 3.50. The molecule has 0 aliphatic carbocycles. The van der Waals surface area contributed by atoms with E-state index in [-0.39, 0.29) is 11.9 Å². The highest BCUT2D eigenvalue weighted by Crippen LogP contribution is 2.28. The van der Waals surface area contributed by atoms with Crippen molar-refractivity contribution in [2.75, 3.05) is 0 Å². The van der Waals surface area contributed by atoms with E-state index in [4.69, 9.17) is 5.84 Å². The maximum atomic E-state index is 13.3. The van der Waals surface area contributed by atoms with Crippen LogP contribution >= 0.6 is 15.9 Å². The lowest BCUT2D eigenvalue weighted by atomic mass is 10.0. The normalized spacial score (nSPS) is 11.8. The van der Waals surface area contributed by atoms with Crippen LogP contribution in [-0.4, -0.2) is 0 Å². The molecule has 86 valence electrons. The fraction of sp³-hybridized carbons (Fsp3) is 0.333. The fourth-order valence-corrected chi connectivity index (χ4v) is 2.00. The Hall–Kier alpha value is -0.890. The first-order chi connectivity index (χ1) is 7.70. The Morgan fingerprint density at radius 1 is 1.56 bits per heavy atom. The molecule has 16 heavy (non-hydrogen) atoms. The van der Waals surface area contributed by atoms with Gasteiger partial charge in [-0.25, -0.2) is 4.39 Å². The van der Waals surface area contributed by atoms with Crippen molar-refractivity contribution in [1.82, 2.24) is 5.43 Å². The summed E-state index contributed by atoms with van der Waals surface area (Å²) < 4.78 is 13.8. The van der Waals surface area contributed by atoms with Gasteiger partial charge in [-0.05, 0) is 40.9 Å². The highest BCUT2D eigenvalue weighted by atomic mass is 79.9. The molecule has 0 amide bonds. The number of hydrogen-bond acceptors (Lipinski definition) is 2. The Labute approximate surface area is 104 Å². The van der Waals surface area contributed by atoms with Crippen molar-refractivity contribution in [1.29, 1.82) is 0 Å². The molecule has 0 saturated carbocycles. The number of hydrazine groups is 1. The lowest BCUT2D eigenvalue weighted by Crippen LogP contribution is -2.28. The largest absolute Gasteiger partial charge is 0.271 e. The zero-order valence-corrected chi connectivity index (χ0v) is 10.6. The molecule has 0 saturated heterocycles. The summed E-state index contributed by atoms with van der Waals surface area (Å²) in [4.78, 5) is 0. The van der Waals surface area contributed by atoms with E-state index >= 15 is 0 Å². The fourth-order valence-electron chi connectivity index (χ4n) is 1.46. The second-order valence-electron chi connectivity index (χ2n) is 3.33. The lowest BCUT2D eigenvalue weighted by molar-refractivity contribution is 0.515. The van der Waals surface area contributed by atoms with Crippen molar-refractivity contribution < 1.29 is 4.39 Å². The van der Waals surface area contributed by atoms with Crippen LogP contribution in [0.4, 0.5) is 4.39 Å². The minimum atomic E-state index is -0.278. The smallest absolute Gasteiger partial charge is 0.137 e. The maximum Gasteiger partial charge on any atom is 0.137 e. The van der Waals surface area contributed by atoms with Crippen molar-refractivity contribution >= 4 is 15.9 Å². The molecular formula is C12H14BrFN2. The molecule has 1 atom stereocenters. The highest BCUT2D eigenvalue weighted by Gasteiger charge is 2.14. The van der Waals surface area contributed by atoms with Gasteiger partial charge < -0.3 is 0 Å². The molecular weight excluding hydrogens is 271 g/mol. The quantitative estimate of drug-likeness (QED) is 0.507. The first kappa shape index (κ1) is 13.2. The van der Waals surface area contributed by atoms with Crippen LogP contribution < -0.4 is 11.3 Å². The van der Waals surface area contributed by atoms with Gasteiger partial charge in [0, 0.05) is 12.5 Å². The second kappa shape index (κ2) is 6.64. The van der Waals surface area contributed by atoms with Crippen molar-refractivity contribution in [2.24, 2.45) is 5.84 Å². The molecule has 1 aromatic carbocycles. The third-order valence-corrected chi connectivity index (χ3v) is 3.13. The summed E-state index contributed by atoms with van der Waals surface area (Å²) in [5.74, 6) is 11.0. The first-order valence-electron chi connectivity index (χ1n) is 5.00. The van der Waals surface area contributed by atoms with Crippen LogP contribution in [0.1, 0.15) is 31.4 Å². The van der Waals surface area contributed by atoms with Gasteiger partial charge in [-0.2, -0.15) is 0 Å². The summed E-state index contributed by atoms with van der Waals surface area (Å²) in [5, 5.41) is 0. The van der Waals surface area contributed by atoms with Gasteiger partial charge in [0.15, 0.2) is 0 Å². The molecule has 2 nitrogen and oxygen atoms in total. The summed E-state index contributed by atoms with van der Waals surface area (Å²) in [6, 6.07) is 4.83. The average molecular weight is 285 g/mol. The average Bonchev–Trinajstić information content (AvgIpc) is 2.29. The Kier molecular flexibility index (Phi) is 5.47. The van der Waals surface area contributed by atoms with E-state index in [9.17, 15) is 4.39 Å². The van der Waals surface area contributed by atoms with Crippen LogP contribution in [0.15, 0.2) is 22.7 Å². The van der Waals surface area contributed by atoms with Crippen molar-refractivity contribution in [2.45, 2.75) is 25.8 Å². The van der Waals surface area contributed by atoms with Gasteiger partial charge in [0.2, 0.25) is 0 Å². The number of rotatable bonds is 4. The predicted molar refractivity (Wildman–Crippen MR) is 66.8 cm³/mol. The number of hydrogen-bond donors (Lipinski definition) is 2. The molecule has 0 fully saturated rings. The van der Waals surface area contributed by atoms with Crippen LogP contribution in [0.5, 0.6) is 0 Å². The Balaban J connectivity index is 2.85. The van der Waals surface area contributed by atoms with Crippen LogP contribution in [0.3, 0.4) is 0 Å². The predicted octanol–water partition coefficient (Wildman–Crippen LogP) is 2.90. The molecule has 0 bridgehead atoms. The molecule has 0 heterocycles. The minimum Gasteiger partial charge on any atom is -0.271 e. The van der Waals surface area contributed by atoms with Crippen LogP contribution in [0.25, 0.3) is 0 Å². The van der Waals surface area contributed by atoms with Gasteiger partial charge in [-0.3, -0.25) is 11.3 Å². The number of nitrogens with one attached hydrogen (secondary N) is 1. The topological polar surface area (TPSA) is 38.0 Å². The minimum absolute atomic E-state index is 0.0917. The van der Waals surface area contributed by atoms with E-state index in [2.05, 4.69) is 33.2 Å². The SMILES string of the molecule is CC#CCCC(NN)c1cccc(F)c1Br. The summed E-state index contributed by atoms with van der Waals surface area (Å²) in [6.07, 6.45) is 1.48. The lowest BCUT2D eigenvalue weighted by Gasteiger charge is -2.16. The van der Waals surface area contributed by atoms with Gasteiger partial charge in [0.05, 0.1) is 4.47 Å².